The van der Waals surface area contributed by atoms with Gasteiger partial charge in [-0.05, 0) is 32.4 Å². The third-order valence-electron chi connectivity index (χ3n) is 4.04. The first kappa shape index (κ1) is 16.1. The smallest absolute Gasteiger partial charge is 0.325 e. The first-order valence-corrected chi connectivity index (χ1v) is 7.87. The number of carbonyl (C=O) groups is 2. The van der Waals surface area contributed by atoms with Gasteiger partial charge in [0.1, 0.15) is 5.76 Å². The maximum atomic E-state index is 12.3. The van der Waals surface area contributed by atoms with Crippen molar-refractivity contribution in [2.24, 2.45) is 0 Å². The van der Waals surface area contributed by atoms with Crippen LogP contribution in [0.15, 0.2) is 27.2 Å². The Bertz CT molecular complexity index is 703. The van der Waals surface area contributed by atoms with Crippen LogP contribution in [0.5, 0.6) is 0 Å². The molecule has 3 amide bonds. The molecule has 128 valence electrons. The Hall–Kier alpha value is -2.77. The molecule has 2 aromatic heterocycles. The third-order valence-corrected chi connectivity index (χ3v) is 4.04. The number of hydrogen-bond donors (Lipinski definition) is 1. The Morgan fingerprint density at radius 2 is 1.92 bits per heavy atom. The molecule has 0 radical (unpaired) electrons. The van der Waals surface area contributed by atoms with E-state index < -0.39 is 0 Å². The summed E-state index contributed by atoms with van der Waals surface area (Å²) < 4.78 is 10.5. The second kappa shape index (κ2) is 6.77. The summed E-state index contributed by atoms with van der Waals surface area (Å²) in [5.74, 6) is 0.844. The number of furan rings is 1. The van der Waals surface area contributed by atoms with E-state index in [-0.39, 0.29) is 18.0 Å². The molecule has 0 aliphatic carbocycles. The predicted molar refractivity (Wildman–Crippen MR) is 85.8 cm³/mol. The molecule has 1 aliphatic rings. The number of anilines is 1. The number of carbonyl (C=O) groups excluding carboxylic acids is 2. The molecule has 0 unspecified atom stereocenters. The number of rotatable bonds is 2. The highest BCUT2D eigenvalue weighted by Gasteiger charge is 2.24. The van der Waals surface area contributed by atoms with Crippen molar-refractivity contribution in [1.82, 2.24) is 14.8 Å². The largest absolute Gasteiger partial charge is 0.459 e. The molecule has 0 bridgehead atoms. The zero-order valence-electron chi connectivity index (χ0n) is 13.7. The van der Waals surface area contributed by atoms with E-state index in [9.17, 15) is 9.59 Å². The van der Waals surface area contributed by atoms with Crippen LogP contribution in [0.4, 0.5) is 10.8 Å². The topological polar surface area (TPSA) is 91.8 Å². The van der Waals surface area contributed by atoms with Crippen molar-refractivity contribution in [2.75, 3.05) is 31.5 Å². The molecule has 3 rings (SSSR count). The first-order valence-electron chi connectivity index (χ1n) is 7.87. The zero-order valence-corrected chi connectivity index (χ0v) is 13.7. The van der Waals surface area contributed by atoms with Crippen LogP contribution in [0.2, 0.25) is 0 Å². The van der Waals surface area contributed by atoms with Gasteiger partial charge in [-0.1, -0.05) is 0 Å². The van der Waals surface area contributed by atoms with Crippen LogP contribution < -0.4 is 5.32 Å². The molecule has 1 fully saturated rings. The number of aromatic nitrogens is 1. The SMILES string of the molecule is Cc1nc(NC(=O)N2CCCN(C(=O)c3ccco3)CC2)oc1C. The number of hydrogen-bond acceptors (Lipinski definition) is 5. The van der Waals surface area contributed by atoms with Crippen molar-refractivity contribution in [3.05, 3.63) is 35.6 Å². The number of oxazole rings is 1. The third kappa shape index (κ3) is 3.42. The second-order valence-corrected chi connectivity index (χ2v) is 5.70. The lowest BCUT2D eigenvalue weighted by atomic mass is 10.3. The molecule has 1 aliphatic heterocycles. The fraction of sp³-hybridized carbons (Fsp3) is 0.438. The van der Waals surface area contributed by atoms with Crippen LogP contribution in [0.1, 0.15) is 28.4 Å². The molecule has 0 aromatic carbocycles. The number of nitrogens with zero attached hydrogens (tertiary/aromatic N) is 3. The maximum absolute atomic E-state index is 12.3. The van der Waals surface area contributed by atoms with E-state index in [0.29, 0.717) is 44.1 Å². The van der Waals surface area contributed by atoms with E-state index in [2.05, 4.69) is 10.3 Å². The van der Waals surface area contributed by atoms with Crippen LogP contribution in [-0.4, -0.2) is 52.9 Å². The van der Waals surface area contributed by atoms with Gasteiger partial charge < -0.3 is 18.6 Å². The minimum absolute atomic E-state index is 0.152. The number of amides is 3. The Labute approximate surface area is 139 Å². The molecule has 1 saturated heterocycles. The number of urea groups is 1. The van der Waals surface area contributed by atoms with Crippen molar-refractivity contribution in [3.63, 3.8) is 0 Å². The van der Waals surface area contributed by atoms with E-state index in [4.69, 9.17) is 8.83 Å². The molecule has 8 nitrogen and oxygen atoms in total. The number of aryl methyl sites for hydroxylation is 2. The van der Waals surface area contributed by atoms with Crippen LogP contribution in [0.3, 0.4) is 0 Å². The summed E-state index contributed by atoms with van der Waals surface area (Å²) in [5.41, 5.74) is 0.747. The molecule has 24 heavy (non-hydrogen) atoms. The van der Waals surface area contributed by atoms with Crippen molar-refractivity contribution in [1.29, 1.82) is 0 Å². The van der Waals surface area contributed by atoms with Gasteiger partial charge >= 0.3 is 12.0 Å². The minimum Gasteiger partial charge on any atom is -0.459 e. The van der Waals surface area contributed by atoms with Crippen LogP contribution in [0, 0.1) is 13.8 Å². The molecule has 0 atom stereocenters. The van der Waals surface area contributed by atoms with Gasteiger partial charge in [-0.3, -0.25) is 10.1 Å². The van der Waals surface area contributed by atoms with Gasteiger partial charge in [0, 0.05) is 26.2 Å². The summed E-state index contributed by atoms with van der Waals surface area (Å²) in [6, 6.07) is 3.25. The fourth-order valence-electron chi connectivity index (χ4n) is 2.58. The van der Waals surface area contributed by atoms with Crippen LogP contribution in [-0.2, 0) is 0 Å². The van der Waals surface area contributed by atoms with E-state index >= 15 is 0 Å². The first-order chi connectivity index (χ1) is 11.5. The molecule has 1 N–H and O–H groups in total. The summed E-state index contributed by atoms with van der Waals surface area (Å²) >= 11 is 0. The Kier molecular flexibility index (Phi) is 4.54. The molecule has 8 heteroatoms. The molecule has 0 spiro atoms. The van der Waals surface area contributed by atoms with Gasteiger partial charge in [-0.15, -0.1) is 0 Å². The Morgan fingerprint density at radius 1 is 1.17 bits per heavy atom. The lowest BCUT2D eigenvalue weighted by Crippen LogP contribution is -2.39. The Balaban J connectivity index is 1.58. The summed E-state index contributed by atoms with van der Waals surface area (Å²) in [4.78, 5) is 32.1. The molecule has 3 heterocycles. The van der Waals surface area contributed by atoms with Crippen molar-refractivity contribution in [2.45, 2.75) is 20.3 Å². The highest BCUT2D eigenvalue weighted by Crippen LogP contribution is 2.14. The summed E-state index contributed by atoms with van der Waals surface area (Å²) in [5, 5.41) is 2.66. The van der Waals surface area contributed by atoms with Gasteiger partial charge in [0.15, 0.2) is 5.76 Å². The van der Waals surface area contributed by atoms with E-state index in [0.717, 1.165) is 5.69 Å². The van der Waals surface area contributed by atoms with Crippen molar-refractivity contribution >= 4 is 18.0 Å². The highest BCUT2D eigenvalue weighted by molar-refractivity contribution is 5.91. The van der Waals surface area contributed by atoms with Crippen LogP contribution >= 0.6 is 0 Å². The van der Waals surface area contributed by atoms with Crippen LogP contribution in [0.25, 0.3) is 0 Å². The fourth-order valence-corrected chi connectivity index (χ4v) is 2.58. The summed E-state index contributed by atoms with van der Waals surface area (Å²) in [7, 11) is 0. The normalized spacial score (nSPS) is 15.2. The highest BCUT2D eigenvalue weighted by atomic mass is 16.4. The standard InChI is InChI=1S/C16H20N4O4/c1-11-12(2)24-15(17-11)18-16(22)20-7-4-6-19(8-9-20)14(21)13-5-3-10-23-13/h3,5,10H,4,6-9H2,1-2H3,(H,17,18,22). The maximum Gasteiger partial charge on any atom is 0.325 e. The van der Waals surface area contributed by atoms with E-state index in [1.165, 1.54) is 6.26 Å². The van der Waals surface area contributed by atoms with Crippen molar-refractivity contribution < 1.29 is 18.4 Å². The zero-order chi connectivity index (χ0) is 17.1. The lowest BCUT2D eigenvalue weighted by molar-refractivity contribution is 0.0731. The predicted octanol–water partition coefficient (Wildman–Crippen LogP) is 2.26. The number of nitrogens with one attached hydrogen (secondary N) is 1. The van der Waals surface area contributed by atoms with Gasteiger partial charge in [-0.25, -0.2) is 4.79 Å². The molecule has 2 aromatic rings. The van der Waals surface area contributed by atoms with Gasteiger partial charge in [0.25, 0.3) is 5.91 Å². The lowest BCUT2D eigenvalue weighted by Gasteiger charge is -2.21. The average molecular weight is 332 g/mol. The van der Waals surface area contributed by atoms with Gasteiger partial charge in [-0.2, -0.15) is 4.98 Å². The van der Waals surface area contributed by atoms with Gasteiger partial charge in [0.05, 0.1) is 12.0 Å². The second-order valence-electron chi connectivity index (χ2n) is 5.70. The molecular weight excluding hydrogens is 312 g/mol. The Morgan fingerprint density at radius 3 is 2.58 bits per heavy atom. The summed E-state index contributed by atoms with van der Waals surface area (Å²) in [6.07, 6.45) is 2.18. The van der Waals surface area contributed by atoms with E-state index in [1.807, 2.05) is 6.92 Å². The van der Waals surface area contributed by atoms with Crippen molar-refractivity contribution in [3.8, 4) is 0 Å². The quantitative estimate of drug-likeness (QED) is 0.911. The monoisotopic (exact) mass is 332 g/mol. The molecule has 0 saturated carbocycles. The summed E-state index contributed by atoms with van der Waals surface area (Å²) in [6.45, 7) is 5.65. The van der Waals surface area contributed by atoms with Gasteiger partial charge in [0.2, 0.25) is 0 Å². The average Bonchev–Trinajstić information content (AvgIpc) is 3.10. The van der Waals surface area contributed by atoms with E-state index in [1.54, 1.807) is 28.9 Å². The minimum atomic E-state index is -0.274. The molecular formula is C16H20N4O4.